The van der Waals surface area contributed by atoms with Gasteiger partial charge in [0.05, 0.1) is 27.8 Å². The number of halogens is 12. The molecular formula is C21H16F12N2. The predicted molar refractivity (Wildman–Crippen MR) is 98.9 cm³/mol. The second-order valence-corrected chi connectivity index (χ2v) is 8.11. The van der Waals surface area contributed by atoms with Gasteiger partial charge in [0.25, 0.3) is 0 Å². The minimum atomic E-state index is -5.31. The van der Waals surface area contributed by atoms with E-state index >= 15 is 0 Å². The van der Waals surface area contributed by atoms with E-state index in [1.807, 2.05) is 0 Å². The Balaban J connectivity index is 2.41. The van der Waals surface area contributed by atoms with Gasteiger partial charge in [0, 0.05) is 6.04 Å². The van der Waals surface area contributed by atoms with E-state index in [0.717, 1.165) is 0 Å². The highest BCUT2D eigenvalue weighted by Gasteiger charge is 2.46. The zero-order valence-corrected chi connectivity index (χ0v) is 17.3. The maximum absolute atomic E-state index is 13.4. The van der Waals surface area contributed by atoms with Crippen LogP contribution in [0.15, 0.2) is 36.4 Å². The summed E-state index contributed by atoms with van der Waals surface area (Å²) in [5, 5.41) is 2.68. The van der Waals surface area contributed by atoms with E-state index in [1.165, 1.54) is 0 Å². The number of alkyl halides is 12. The summed E-state index contributed by atoms with van der Waals surface area (Å²) in [5.74, 6) is 0. The topological polar surface area (TPSA) is 38.0 Å². The molecule has 1 heterocycles. The van der Waals surface area contributed by atoms with Crippen LogP contribution in [0.4, 0.5) is 52.7 Å². The second kappa shape index (κ2) is 8.57. The summed E-state index contributed by atoms with van der Waals surface area (Å²) >= 11 is 0. The summed E-state index contributed by atoms with van der Waals surface area (Å²) in [4.78, 5) is 0. The molecule has 0 aliphatic carbocycles. The lowest BCUT2D eigenvalue weighted by Crippen LogP contribution is -2.53. The number of benzene rings is 2. The van der Waals surface area contributed by atoms with Gasteiger partial charge in [-0.2, -0.15) is 52.7 Å². The van der Waals surface area contributed by atoms with E-state index < -0.39 is 69.7 Å². The minimum absolute atomic E-state index is 0.0360. The van der Waals surface area contributed by atoms with E-state index in [0.29, 0.717) is 0 Å². The molecular weight excluding hydrogens is 508 g/mol. The van der Waals surface area contributed by atoms with Crippen LogP contribution in [0.3, 0.4) is 0 Å². The number of hydrogen-bond donors (Lipinski definition) is 2. The SMILES string of the molecule is NC(c1cc(C(F)(F)F)cc(C(F)(F)F)c1)(c1cc(C(F)(F)F)cc(C(F)(F)F)c1)[C@@H]1CCCN1. The van der Waals surface area contributed by atoms with Crippen molar-refractivity contribution in [1.82, 2.24) is 5.32 Å². The van der Waals surface area contributed by atoms with Gasteiger partial charge in [-0.05, 0) is 66.9 Å². The van der Waals surface area contributed by atoms with Crippen molar-refractivity contribution >= 4 is 0 Å². The first-order valence-corrected chi connectivity index (χ1v) is 9.86. The summed E-state index contributed by atoms with van der Waals surface area (Å²) in [6.07, 6.45) is -21.0. The quantitative estimate of drug-likeness (QED) is 0.438. The fraction of sp³-hybridized carbons (Fsp3) is 0.429. The Morgan fingerprint density at radius 3 is 1.06 bits per heavy atom. The lowest BCUT2D eigenvalue weighted by atomic mass is 9.75. The van der Waals surface area contributed by atoms with Gasteiger partial charge in [0.2, 0.25) is 0 Å². The largest absolute Gasteiger partial charge is 0.416 e. The lowest BCUT2D eigenvalue weighted by Gasteiger charge is -2.38. The average Bonchev–Trinajstić information content (AvgIpc) is 3.25. The fourth-order valence-corrected chi connectivity index (χ4v) is 4.03. The Labute approximate surface area is 190 Å². The third-order valence-corrected chi connectivity index (χ3v) is 5.74. The summed E-state index contributed by atoms with van der Waals surface area (Å²) in [6, 6.07) is -0.841. The van der Waals surface area contributed by atoms with Crippen molar-refractivity contribution in [2.75, 3.05) is 6.54 Å². The van der Waals surface area contributed by atoms with Gasteiger partial charge < -0.3 is 11.1 Å². The summed E-state index contributed by atoms with van der Waals surface area (Å²) in [6.45, 7) is 0.139. The van der Waals surface area contributed by atoms with E-state index in [2.05, 4.69) is 5.32 Å². The number of hydrogen-bond acceptors (Lipinski definition) is 2. The van der Waals surface area contributed by atoms with Crippen LogP contribution in [-0.2, 0) is 30.2 Å². The zero-order chi connectivity index (χ0) is 26.6. The predicted octanol–water partition coefficient (Wildman–Crippen LogP) is 6.72. The molecule has 3 rings (SSSR count). The fourth-order valence-electron chi connectivity index (χ4n) is 4.03. The molecule has 0 bridgehead atoms. The molecule has 35 heavy (non-hydrogen) atoms. The number of nitrogens with one attached hydrogen (secondary N) is 1. The molecule has 0 amide bonds. The van der Waals surface area contributed by atoms with Crippen molar-refractivity contribution in [1.29, 1.82) is 0 Å². The van der Waals surface area contributed by atoms with Crippen LogP contribution in [0.5, 0.6) is 0 Å². The Bertz CT molecular complexity index is 934. The molecule has 0 saturated carbocycles. The normalized spacial score (nSPS) is 18.3. The first-order valence-electron chi connectivity index (χ1n) is 9.86. The highest BCUT2D eigenvalue weighted by atomic mass is 19.4. The van der Waals surface area contributed by atoms with Crippen molar-refractivity contribution in [3.05, 3.63) is 69.8 Å². The van der Waals surface area contributed by atoms with E-state index in [9.17, 15) is 52.7 Å². The molecule has 3 N–H and O–H groups in total. The first kappa shape index (κ1) is 27.1. The average molecular weight is 524 g/mol. The molecule has 14 heteroatoms. The molecule has 0 unspecified atom stereocenters. The maximum Gasteiger partial charge on any atom is 0.416 e. The Kier molecular flexibility index (Phi) is 6.64. The molecule has 1 aliphatic rings. The minimum Gasteiger partial charge on any atom is -0.316 e. The molecule has 0 radical (unpaired) electrons. The molecule has 2 aromatic rings. The molecule has 194 valence electrons. The monoisotopic (exact) mass is 524 g/mol. The van der Waals surface area contributed by atoms with Crippen molar-refractivity contribution < 1.29 is 52.7 Å². The standard InChI is InChI=1S/C21H16F12N2/c22-18(23,24)12-4-10(5-13(8-12)19(25,26)27)17(34,16-2-1-3-35-16)11-6-14(20(28,29)30)9-15(7-11)21(31,32)33/h4-9,16,35H,1-3,34H2/t16-/m0/s1. The number of nitrogens with two attached hydrogens (primary N) is 1. The molecule has 1 saturated heterocycles. The van der Waals surface area contributed by atoms with Gasteiger partial charge >= 0.3 is 24.7 Å². The molecule has 0 aromatic heterocycles. The molecule has 2 nitrogen and oxygen atoms in total. The van der Waals surface area contributed by atoms with Crippen LogP contribution in [0, 0.1) is 0 Å². The lowest BCUT2D eigenvalue weighted by molar-refractivity contribution is -0.144. The van der Waals surface area contributed by atoms with Gasteiger partial charge in [0.1, 0.15) is 0 Å². The Hall–Kier alpha value is -2.48. The third kappa shape index (κ3) is 5.52. The number of rotatable bonds is 3. The molecule has 1 fully saturated rings. The van der Waals surface area contributed by atoms with E-state index in [-0.39, 0.29) is 55.8 Å². The van der Waals surface area contributed by atoms with Gasteiger partial charge in [-0.15, -0.1) is 0 Å². The van der Waals surface area contributed by atoms with Gasteiger partial charge in [-0.3, -0.25) is 0 Å². The molecule has 2 aromatic carbocycles. The van der Waals surface area contributed by atoms with Crippen molar-refractivity contribution in [3.63, 3.8) is 0 Å². The van der Waals surface area contributed by atoms with Crippen LogP contribution in [0.2, 0.25) is 0 Å². The smallest absolute Gasteiger partial charge is 0.316 e. The van der Waals surface area contributed by atoms with Gasteiger partial charge in [-0.25, -0.2) is 0 Å². The van der Waals surface area contributed by atoms with Gasteiger partial charge in [0.15, 0.2) is 0 Å². The Morgan fingerprint density at radius 2 is 0.829 bits per heavy atom. The highest BCUT2D eigenvalue weighted by Crippen LogP contribution is 2.44. The molecule has 0 spiro atoms. The Morgan fingerprint density at radius 1 is 0.543 bits per heavy atom. The summed E-state index contributed by atoms with van der Waals surface area (Å²) in [5.41, 5.74) is -5.46. The van der Waals surface area contributed by atoms with Crippen LogP contribution in [0.1, 0.15) is 46.2 Å². The van der Waals surface area contributed by atoms with Crippen LogP contribution < -0.4 is 11.1 Å². The second-order valence-electron chi connectivity index (χ2n) is 8.11. The van der Waals surface area contributed by atoms with E-state index in [1.54, 1.807) is 0 Å². The maximum atomic E-state index is 13.4. The van der Waals surface area contributed by atoms with Crippen molar-refractivity contribution in [2.45, 2.75) is 49.1 Å². The zero-order valence-electron chi connectivity index (χ0n) is 17.3. The van der Waals surface area contributed by atoms with Crippen molar-refractivity contribution in [3.8, 4) is 0 Å². The third-order valence-electron chi connectivity index (χ3n) is 5.74. The first-order chi connectivity index (χ1) is 15.7. The molecule has 1 aliphatic heterocycles. The summed E-state index contributed by atoms with van der Waals surface area (Å²) < 4.78 is 161. The van der Waals surface area contributed by atoms with Crippen LogP contribution >= 0.6 is 0 Å². The summed E-state index contributed by atoms with van der Waals surface area (Å²) in [7, 11) is 0. The van der Waals surface area contributed by atoms with E-state index in [4.69, 9.17) is 5.73 Å². The van der Waals surface area contributed by atoms with Crippen LogP contribution in [0.25, 0.3) is 0 Å². The van der Waals surface area contributed by atoms with Crippen LogP contribution in [-0.4, -0.2) is 12.6 Å². The van der Waals surface area contributed by atoms with Gasteiger partial charge in [-0.1, -0.05) is 0 Å². The highest BCUT2D eigenvalue weighted by molar-refractivity contribution is 5.48. The molecule has 1 atom stereocenters. The van der Waals surface area contributed by atoms with Crippen molar-refractivity contribution in [2.24, 2.45) is 5.73 Å².